The van der Waals surface area contributed by atoms with Crippen molar-refractivity contribution in [2.75, 3.05) is 26.2 Å². The van der Waals surface area contributed by atoms with Gasteiger partial charge in [0.15, 0.2) is 0 Å². The van der Waals surface area contributed by atoms with E-state index < -0.39 is 11.5 Å². The zero-order valence-electron chi connectivity index (χ0n) is 13.3. The van der Waals surface area contributed by atoms with E-state index in [0.29, 0.717) is 25.9 Å². The van der Waals surface area contributed by atoms with Crippen molar-refractivity contribution in [1.29, 1.82) is 0 Å². The van der Waals surface area contributed by atoms with Gasteiger partial charge in [-0.2, -0.15) is 0 Å². The van der Waals surface area contributed by atoms with Gasteiger partial charge in [-0.1, -0.05) is 0 Å². The first-order valence-electron chi connectivity index (χ1n) is 7.90. The highest BCUT2D eigenvalue weighted by Gasteiger charge is 2.34. The van der Waals surface area contributed by atoms with Crippen LogP contribution in [0.5, 0.6) is 0 Å². The number of likely N-dealkylation sites (tertiary alicyclic amines) is 2. The van der Waals surface area contributed by atoms with Crippen LogP contribution >= 0.6 is 0 Å². The third kappa shape index (κ3) is 3.69. The van der Waals surface area contributed by atoms with E-state index in [1.165, 1.54) is 13.8 Å². The monoisotopic (exact) mass is 311 g/mol. The van der Waals surface area contributed by atoms with Crippen molar-refractivity contribution < 1.29 is 19.5 Å². The molecule has 7 heteroatoms. The average Bonchev–Trinajstić information content (AvgIpc) is 3.00. The van der Waals surface area contributed by atoms with E-state index in [9.17, 15) is 14.4 Å². The lowest BCUT2D eigenvalue weighted by Crippen LogP contribution is -2.53. The molecule has 0 unspecified atom stereocenters. The number of urea groups is 1. The Bertz CT molecular complexity index is 450. The van der Waals surface area contributed by atoms with Crippen LogP contribution in [0.15, 0.2) is 0 Å². The van der Waals surface area contributed by atoms with Crippen LogP contribution in [-0.4, -0.2) is 64.5 Å². The number of carbonyl (C=O) groups excluding carboxylic acids is 2. The molecule has 2 fully saturated rings. The molecule has 22 heavy (non-hydrogen) atoms. The number of carbonyl (C=O) groups is 3. The van der Waals surface area contributed by atoms with Crippen molar-refractivity contribution in [3.63, 3.8) is 0 Å². The number of aliphatic carboxylic acids is 1. The molecule has 2 aliphatic rings. The maximum absolute atomic E-state index is 12.3. The topological polar surface area (TPSA) is 90.0 Å². The van der Waals surface area contributed by atoms with E-state index in [1.807, 2.05) is 4.90 Å². The maximum Gasteiger partial charge on any atom is 0.328 e. The van der Waals surface area contributed by atoms with Crippen LogP contribution in [0.3, 0.4) is 0 Å². The van der Waals surface area contributed by atoms with Crippen LogP contribution in [0, 0.1) is 5.92 Å². The number of piperidine rings is 1. The van der Waals surface area contributed by atoms with Crippen molar-refractivity contribution in [2.45, 2.75) is 45.1 Å². The Kier molecular flexibility index (Phi) is 4.93. The molecule has 124 valence electrons. The van der Waals surface area contributed by atoms with Crippen molar-refractivity contribution in [1.82, 2.24) is 15.1 Å². The molecule has 0 aromatic carbocycles. The van der Waals surface area contributed by atoms with E-state index in [4.69, 9.17) is 5.11 Å². The van der Waals surface area contributed by atoms with Crippen molar-refractivity contribution in [3.05, 3.63) is 0 Å². The SMILES string of the molecule is CC(C)(NC(=O)C1CCN(C(=O)N2CCCC2)CC1)C(=O)O. The van der Waals surface area contributed by atoms with E-state index >= 15 is 0 Å². The molecule has 0 aliphatic carbocycles. The van der Waals surface area contributed by atoms with Crippen LogP contribution in [0.2, 0.25) is 0 Å². The van der Waals surface area contributed by atoms with Gasteiger partial charge in [-0.25, -0.2) is 9.59 Å². The molecular weight excluding hydrogens is 286 g/mol. The number of hydrogen-bond acceptors (Lipinski definition) is 3. The molecule has 0 spiro atoms. The lowest BCUT2D eigenvalue weighted by atomic mass is 9.94. The fourth-order valence-electron chi connectivity index (χ4n) is 2.90. The van der Waals surface area contributed by atoms with Crippen LogP contribution in [0.25, 0.3) is 0 Å². The normalized spacial score (nSPS) is 20.1. The van der Waals surface area contributed by atoms with Gasteiger partial charge in [-0.15, -0.1) is 0 Å². The number of nitrogens with one attached hydrogen (secondary N) is 1. The van der Waals surface area contributed by atoms with Gasteiger partial charge in [0.25, 0.3) is 0 Å². The quantitative estimate of drug-likeness (QED) is 0.810. The fraction of sp³-hybridized carbons (Fsp3) is 0.800. The summed E-state index contributed by atoms with van der Waals surface area (Å²) < 4.78 is 0. The number of nitrogens with zero attached hydrogens (tertiary/aromatic N) is 2. The van der Waals surface area contributed by atoms with Gasteiger partial charge in [0, 0.05) is 32.1 Å². The number of rotatable bonds is 3. The summed E-state index contributed by atoms with van der Waals surface area (Å²) in [5.41, 5.74) is -1.26. The molecule has 0 aromatic rings. The predicted octanol–water partition coefficient (Wildman–Crippen LogP) is 0.894. The highest BCUT2D eigenvalue weighted by atomic mass is 16.4. The zero-order valence-corrected chi connectivity index (χ0v) is 13.3. The number of carboxylic acid groups (broad SMARTS) is 1. The number of carboxylic acids is 1. The van der Waals surface area contributed by atoms with Gasteiger partial charge >= 0.3 is 12.0 Å². The van der Waals surface area contributed by atoms with Crippen LogP contribution in [0.4, 0.5) is 4.79 Å². The summed E-state index contributed by atoms with van der Waals surface area (Å²) in [6.45, 7) is 5.71. The van der Waals surface area contributed by atoms with Gasteiger partial charge < -0.3 is 20.2 Å². The van der Waals surface area contributed by atoms with E-state index in [-0.39, 0.29) is 17.9 Å². The molecule has 0 saturated carbocycles. The highest BCUT2D eigenvalue weighted by Crippen LogP contribution is 2.21. The average molecular weight is 311 g/mol. The summed E-state index contributed by atoms with van der Waals surface area (Å²) in [6.07, 6.45) is 3.30. The third-order valence-corrected chi connectivity index (χ3v) is 4.48. The van der Waals surface area contributed by atoms with Gasteiger partial charge in [0.1, 0.15) is 5.54 Å². The second-order valence-electron chi connectivity index (χ2n) is 6.66. The number of amides is 3. The summed E-state index contributed by atoms with van der Waals surface area (Å²) in [5, 5.41) is 11.6. The standard InChI is InChI=1S/C15H25N3O4/c1-15(2,13(20)21)16-12(19)11-5-9-18(10-6-11)14(22)17-7-3-4-8-17/h11H,3-10H2,1-2H3,(H,16,19)(H,20,21). The van der Waals surface area contributed by atoms with Crippen LogP contribution in [-0.2, 0) is 9.59 Å². The third-order valence-electron chi connectivity index (χ3n) is 4.48. The van der Waals surface area contributed by atoms with Crippen LogP contribution in [0.1, 0.15) is 39.5 Å². The Morgan fingerprint density at radius 3 is 2.00 bits per heavy atom. The molecular formula is C15H25N3O4. The fourth-order valence-corrected chi connectivity index (χ4v) is 2.90. The first kappa shape index (κ1) is 16.6. The zero-order chi connectivity index (χ0) is 16.3. The maximum atomic E-state index is 12.3. The summed E-state index contributed by atoms with van der Waals surface area (Å²) >= 11 is 0. The number of hydrogen-bond donors (Lipinski definition) is 2. The lowest BCUT2D eigenvalue weighted by Gasteiger charge is -2.35. The molecule has 2 aliphatic heterocycles. The minimum Gasteiger partial charge on any atom is -0.480 e. The van der Waals surface area contributed by atoms with Crippen molar-refractivity contribution in [3.8, 4) is 0 Å². The molecule has 2 N–H and O–H groups in total. The van der Waals surface area contributed by atoms with Gasteiger partial charge in [-0.3, -0.25) is 4.79 Å². The molecule has 3 amide bonds. The summed E-state index contributed by atoms with van der Waals surface area (Å²) in [4.78, 5) is 39.2. The minimum atomic E-state index is -1.26. The first-order chi connectivity index (χ1) is 10.3. The Morgan fingerprint density at radius 2 is 1.50 bits per heavy atom. The summed E-state index contributed by atoms with van der Waals surface area (Å²) in [7, 11) is 0. The minimum absolute atomic E-state index is 0.0715. The highest BCUT2D eigenvalue weighted by molar-refractivity contribution is 5.87. The first-order valence-corrected chi connectivity index (χ1v) is 7.90. The molecule has 2 rings (SSSR count). The summed E-state index contributed by atoms with van der Waals surface area (Å²) in [5.74, 6) is -1.51. The van der Waals surface area contributed by atoms with E-state index in [1.54, 1.807) is 4.90 Å². The molecule has 0 aromatic heterocycles. The molecule has 0 radical (unpaired) electrons. The second kappa shape index (κ2) is 6.54. The van der Waals surface area contributed by atoms with Gasteiger partial charge in [0.05, 0.1) is 0 Å². The second-order valence-corrected chi connectivity index (χ2v) is 6.66. The van der Waals surface area contributed by atoms with E-state index in [2.05, 4.69) is 5.32 Å². The van der Waals surface area contributed by atoms with Gasteiger partial charge in [0.2, 0.25) is 5.91 Å². The lowest BCUT2D eigenvalue weighted by molar-refractivity contribution is -0.147. The van der Waals surface area contributed by atoms with Crippen molar-refractivity contribution in [2.24, 2.45) is 5.92 Å². The Balaban J connectivity index is 1.82. The Labute approximate surface area is 130 Å². The van der Waals surface area contributed by atoms with Crippen LogP contribution < -0.4 is 5.32 Å². The summed E-state index contributed by atoms with van der Waals surface area (Å²) in [6, 6.07) is 0.0715. The van der Waals surface area contributed by atoms with E-state index in [0.717, 1.165) is 25.9 Å². The molecule has 2 heterocycles. The molecule has 7 nitrogen and oxygen atoms in total. The molecule has 2 saturated heterocycles. The molecule has 0 atom stereocenters. The molecule has 0 bridgehead atoms. The Hall–Kier alpha value is -1.79. The van der Waals surface area contributed by atoms with Gasteiger partial charge in [-0.05, 0) is 39.5 Å². The smallest absolute Gasteiger partial charge is 0.328 e. The van der Waals surface area contributed by atoms with Crippen molar-refractivity contribution >= 4 is 17.9 Å². The largest absolute Gasteiger partial charge is 0.480 e. The predicted molar refractivity (Wildman–Crippen MR) is 80.4 cm³/mol. The Morgan fingerprint density at radius 1 is 1.00 bits per heavy atom.